The average Bonchev–Trinajstić information content (AvgIpc) is 2.21. The first-order valence-electron chi connectivity index (χ1n) is 2.85. The first-order chi connectivity index (χ1) is 3.79. The maximum atomic E-state index is 5.91. The number of alkyl halides is 1. The van der Waals surface area contributed by atoms with Crippen LogP contribution in [0, 0.1) is 0 Å². The minimum absolute atomic E-state index is 0.329. The first kappa shape index (κ1) is 5.03. The SMILES string of the molecule is Cl[C@@]12CNC(CO1)C2. The van der Waals surface area contributed by atoms with E-state index >= 15 is 0 Å². The van der Waals surface area contributed by atoms with Gasteiger partial charge in [0, 0.05) is 19.0 Å². The topological polar surface area (TPSA) is 21.3 Å². The van der Waals surface area contributed by atoms with Crippen molar-refractivity contribution in [1.82, 2.24) is 5.32 Å². The lowest BCUT2D eigenvalue weighted by atomic mass is 10.2. The van der Waals surface area contributed by atoms with Crippen molar-refractivity contribution in [1.29, 1.82) is 0 Å². The summed E-state index contributed by atoms with van der Waals surface area (Å²) in [4.78, 5) is 0. The molecule has 0 aromatic heterocycles. The van der Waals surface area contributed by atoms with Crippen molar-refractivity contribution in [2.24, 2.45) is 0 Å². The monoisotopic (exact) mass is 133 g/mol. The van der Waals surface area contributed by atoms with Crippen LogP contribution < -0.4 is 5.32 Å². The van der Waals surface area contributed by atoms with Crippen LogP contribution in [-0.4, -0.2) is 24.3 Å². The van der Waals surface area contributed by atoms with Crippen molar-refractivity contribution in [3.05, 3.63) is 0 Å². The number of hydrogen-bond donors (Lipinski definition) is 1. The second kappa shape index (κ2) is 1.38. The van der Waals surface area contributed by atoms with Crippen molar-refractivity contribution in [2.75, 3.05) is 13.2 Å². The average molecular weight is 134 g/mol. The predicted molar refractivity (Wildman–Crippen MR) is 30.9 cm³/mol. The van der Waals surface area contributed by atoms with E-state index in [4.69, 9.17) is 16.3 Å². The van der Waals surface area contributed by atoms with Gasteiger partial charge in [0.2, 0.25) is 0 Å². The molecule has 0 spiro atoms. The summed E-state index contributed by atoms with van der Waals surface area (Å²) in [6.07, 6.45) is 0.981. The third-order valence-corrected chi connectivity index (χ3v) is 2.15. The Labute approximate surface area is 53.2 Å². The Morgan fingerprint density at radius 1 is 1.75 bits per heavy atom. The first-order valence-corrected chi connectivity index (χ1v) is 3.23. The summed E-state index contributed by atoms with van der Waals surface area (Å²) >= 11 is 5.91. The molecular weight excluding hydrogens is 126 g/mol. The Morgan fingerprint density at radius 2 is 2.62 bits per heavy atom. The summed E-state index contributed by atoms with van der Waals surface area (Å²) in [5.41, 5.74) is 0. The van der Waals surface area contributed by atoms with Gasteiger partial charge >= 0.3 is 0 Å². The summed E-state index contributed by atoms with van der Waals surface area (Å²) in [7, 11) is 0. The van der Waals surface area contributed by atoms with E-state index in [9.17, 15) is 0 Å². The van der Waals surface area contributed by atoms with Gasteiger partial charge in [-0.05, 0) is 0 Å². The van der Waals surface area contributed by atoms with Gasteiger partial charge in [-0.2, -0.15) is 0 Å². The molecular formula is C5H8ClNO. The number of rotatable bonds is 0. The maximum absolute atomic E-state index is 5.91. The van der Waals surface area contributed by atoms with E-state index in [1.54, 1.807) is 0 Å². The molecule has 2 rings (SSSR count). The molecule has 2 bridgehead atoms. The van der Waals surface area contributed by atoms with E-state index in [1.165, 1.54) is 0 Å². The molecule has 2 nitrogen and oxygen atoms in total. The van der Waals surface area contributed by atoms with Crippen molar-refractivity contribution >= 4 is 11.6 Å². The van der Waals surface area contributed by atoms with Gasteiger partial charge in [0.15, 0.2) is 5.06 Å². The minimum atomic E-state index is -0.329. The molecule has 0 aromatic rings. The van der Waals surface area contributed by atoms with Gasteiger partial charge in [0.05, 0.1) is 6.61 Å². The van der Waals surface area contributed by atoms with Gasteiger partial charge in [-0.3, -0.25) is 0 Å². The maximum Gasteiger partial charge on any atom is 0.155 e. The molecule has 46 valence electrons. The summed E-state index contributed by atoms with van der Waals surface area (Å²) in [5, 5.41) is 2.91. The Hall–Kier alpha value is 0.210. The van der Waals surface area contributed by atoms with Crippen LogP contribution in [-0.2, 0) is 4.74 Å². The third-order valence-electron chi connectivity index (χ3n) is 1.75. The fraction of sp³-hybridized carbons (Fsp3) is 1.00. The number of hydrogen-bond acceptors (Lipinski definition) is 2. The molecule has 2 heterocycles. The summed E-state index contributed by atoms with van der Waals surface area (Å²) in [6.45, 7) is 1.61. The molecule has 1 N–H and O–H groups in total. The fourth-order valence-corrected chi connectivity index (χ4v) is 1.61. The van der Waals surface area contributed by atoms with E-state index in [-0.39, 0.29) is 5.06 Å². The second-order valence-corrected chi connectivity index (χ2v) is 3.16. The summed E-state index contributed by atoms with van der Waals surface area (Å²) < 4.78 is 5.24. The number of nitrogens with one attached hydrogen (secondary N) is 1. The van der Waals surface area contributed by atoms with E-state index in [1.807, 2.05) is 0 Å². The molecule has 0 saturated carbocycles. The zero-order valence-corrected chi connectivity index (χ0v) is 5.24. The highest BCUT2D eigenvalue weighted by molar-refractivity contribution is 6.23. The standard InChI is InChI=1S/C5H8ClNO/c6-5-1-4(2-8-5)7-3-5/h4,7H,1-3H2/t4?,5-/m1/s1. The van der Waals surface area contributed by atoms with Crippen LogP contribution in [0.4, 0.5) is 0 Å². The fourth-order valence-electron chi connectivity index (χ4n) is 1.29. The largest absolute Gasteiger partial charge is 0.357 e. The Morgan fingerprint density at radius 3 is 2.75 bits per heavy atom. The van der Waals surface area contributed by atoms with Gasteiger partial charge in [0.1, 0.15) is 0 Å². The normalized spacial score (nSPS) is 52.9. The van der Waals surface area contributed by atoms with Crippen molar-refractivity contribution in [3.63, 3.8) is 0 Å². The molecule has 3 heteroatoms. The molecule has 0 aromatic carbocycles. The van der Waals surface area contributed by atoms with Crippen molar-refractivity contribution in [3.8, 4) is 0 Å². The minimum Gasteiger partial charge on any atom is -0.357 e. The molecule has 2 aliphatic rings. The second-order valence-electron chi connectivity index (χ2n) is 2.48. The lowest BCUT2D eigenvalue weighted by Crippen LogP contribution is -2.35. The Bertz CT molecular complexity index is 109. The van der Waals surface area contributed by atoms with Crippen LogP contribution in [0.1, 0.15) is 6.42 Å². The van der Waals surface area contributed by atoms with Crippen LogP contribution in [0.15, 0.2) is 0 Å². The highest BCUT2D eigenvalue weighted by atomic mass is 35.5. The van der Waals surface area contributed by atoms with E-state index in [0.717, 1.165) is 19.6 Å². The third kappa shape index (κ3) is 0.569. The lowest BCUT2D eigenvalue weighted by Gasteiger charge is -2.18. The molecule has 0 aliphatic carbocycles. The molecule has 2 atom stereocenters. The highest BCUT2D eigenvalue weighted by Gasteiger charge is 2.44. The molecule has 0 amide bonds. The molecule has 2 saturated heterocycles. The van der Waals surface area contributed by atoms with Crippen LogP contribution in [0.2, 0.25) is 0 Å². The van der Waals surface area contributed by atoms with Crippen molar-refractivity contribution < 1.29 is 4.74 Å². The number of halogens is 1. The number of morpholine rings is 1. The molecule has 1 unspecified atom stereocenters. The van der Waals surface area contributed by atoms with E-state index < -0.39 is 0 Å². The summed E-state index contributed by atoms with van der Waals surface area (Å²) in [5.74, 6) is 0. The quantitative estimate of drug-likeness (QED) is 0.481. The van der Waals surface area contributed by atoms with Gasteiger partial charge < -0.3 is 10.1 Å². The summed E-state index contributed by atoms with van der Waals surface area (Å²) in [6, 6.07) is 0.535. The predicted octanol–water partition coefficient (Wildman–Crippen LogP) is 0.314. The van der Waals surface area contributed by atoms with Gasteiger partial charge in [0.25, 0.3) is 0 Å². The molecule has 2 fully saturated rings. The lowest BCUT2D eigenvalue weighted by molar-refractivity contribution is 0.0577. The molecule has 0 radical (unpaired) electrons. The van der Waals surface area contributed by atoms with Gasteiger partial charge in [-0.25, -0.2) is 0 Å². The van der Waals surface area contributed by atoms with E-state index in [2.05, 4.69) is 5.32 Å². The Kier molecular flexibility index (Phi) is 0.866. The number of ether oxygens (including phenoxy) is 1. The van der Waals surface area contributed by atoms with Crippen molar-refractivity contribution in [2.45, 2.75) is 17.5 Å². The zero-order valence-electron chi connectivity index (χ0n) is 4.48. The van der Waals surface area contributed by atoms with Crippen LogP contribution in [0.3, 0.4) is 0 Å². The van der Waals surface area contributed by atoms with Gasteiger partial charge in [-0.15, -0.1) is 0 Å². The number of fused-ring (bicyclic) bond motifs is 2. The zero-order chi connectivity index (χ0) is 5.61. The van der Waals surface area contributed by atoms with Gasteiger partial charge in [-0.1, -0.05) is 11.6 Å². The highest BCUT2D eigenvalue weighted by Crippen LogP contribution is 2.34. The van der Waals surface area contributed by atoms with Crippen LogP contribution >= 0.6 is 11.6 Å². The smallest absolute Gasteiger partial charge is 0.155 e. The van der Waals surface area contributed by atoms with Crippen LogP contribution in [0.25, 0.3) is 0 Å². The Balaban J connectivity index is 2.19. The molecule has 8 heavy (non-hydrogen) atoms. The van der Waals surface area contributed by atoms with E-state index in [0.29, 0.717) is 6.04 Å². The molecule has 2 aliphatic heterocycles. The van der Waals surface area contributed by atoms with Crippen LogP contribution in [0.5, 0.6) is 0 Å².